The van der Waals surface area contributed by atoms with Crippen molar-refractivity contribution in [2.24, 2.45) is 0 Å². The van der Waals surface area contributed by atoms with Gasteiger partial charge in [-0.3, -0.25) is 0 Å². The second kappa shape index (κ2) is 7.09. The first-order valence-corrected chi connectivity index (χ1v) is 9.77. The molecule has 1 aliphatic rings. The van der Waals surface area contributed by atoms with E-state index >= 15 is 0 Å². The van der Waals surface area contributed by atoms with E-state index in [2.05, 4.69) is 46.1 Å². The van der Waals surface area contributed by atoms with Gasteiger partial charge in [0, 0.05) is 17.0 Å². The number of ether oxygens (including phenoxy) is 1. The average molecular weight is 366 g/mol. The van der Waals surface area contributed by atoms with Crippen LogP contribution in [0.1, 0.15) is 23.9 Å². The average Bonchev–Trinajstić information content (AvgIpc) is 3.20. The van der Waals surface area contributed by atoms with Gasteiger partial charge >= 0.3 is 0 Å². The van der Waals surface area contributed by atoms with Crippen LogP contribution in [0.25, 0.3) is 0 Å². The van der Waals surface area contributed by atoms with E-state index in [0.29, 0.717) is 0 Å². The van der Waals surface area contributed by atoms with Gasteiger partial charge in [0.2, 0.25) is 0 Å². The third-order valence-electron chi connectivity index (χ3n) is 4.89. The number of nitrogens with zero attached hydrogens (tertiary/aromatic N) is 1. The number of thiazole rings is 1. The van der Waals surface area contributed by atoms with Crippen molar-refractivity contribution in [3.8, 4) is 11.5 Å². The Labute approximate surface area is 158 Å². The van der Waals surface area contributed by atoms with Crippen molar-refractivity contribution >= 4 is 22.7 Å². The molecule has 0 spiro atoms. The Morgan fingerprint density at radius 1 is 1.15 bits per heavy atom. The number of fused-ring (bicyclic) bond motifs is 2. The molecule has 0 radical (unpaired) electrons. The summed E-state index contributed by atoms with van der Waals surface area (Å²) in [6.45, 7) is 3.28. The minimum absolute atomic E-state index is 0.0127. The van der Waals surface area contributed by atoms with Crippen LogP contribution < -0.4 is 15.4 Å². The molecule has 2 heterocycles. The molecule has 0 amide bonds. The number of aromatic nitrogens is 1. The maximum absolute atomic E-state index is 6.02. The van der Waals surface area contributed by atoms with E-state index in [1.165, 1.54) is 10.6 Å². The number of hydrogen-bond acceptors (Lipinski definition) is 5. The SMILES string of the molecule is CNCCC(C)(Cc1ccc2c(c1)Nc1ccccc1O2)c1nccs1. The minimum Gasteiger partial charge on any atom is -0.453 e. The van der Waals surface area contributed by atoms with Crippen LogP contribution in [0.3, 0.4) is 0 Å². The number of hydrogen-bond donors (Lipinski definition) is 2. The molecule has 2 aromatic carbocycles. The summed E-state index contributed by atoms with van der Waals surface area (Å²) in [4.78, 5) is 4.61. The van der Waals surface area contributed by atoms with Gasteiger partial charge in [-0.15, -0.1) is 11.3 Å². The van der Waals surface area contributed by atoms with Gasteiger partial charge in [0.05, 0.1) is 16.4 Å². The fourth-order valence-electron chi connectivity index (χ4n) is 3.44. The third-order valence-corrected chi connectivity index (χ3v) is 5.97. The van der Waals surface area contributed by atoms with Crippen LogP contribution in [-0.2, 0) is 11.8 Å². The van der Waals surface area contributed by atoms with Crippen LogP contribution in [0.2, 0.25) is 0 Å². The Morgan fingerprint density at radius 3 is 2.81 bits per heavy atom. The number of nitrogens with one attached hydrogen (secondary N) is 2. The lowest BCUT2D eigenvalue weighted by atomic mass is 9.81. The Hall–Kier alpha value is -2.37. The lowest BCUT2D eigenvalue weighted by molar-refractivity contribution is 0.421. The van der Waals surface area contributed by atoms with E-state index in [1.54, 1.807) is 11.3 Å². The van der Waals surface area contributed by atoms with Crippen molar-refractivity contribution in [3.63, 3.8) is 0 Å². The van der Waals surface area contributed by atoms with Crippen LogP contribution in [-0.4, -0.2) is 18.6 Å². The molecule has 2 N–H and O–H groups in total. The van der Waals surface area contributed by atoms with E-state index in [4.69, 9.17) is 4.74 Å². The molecule has 0 aliphatic carbocycles. The van der Waals surface area contributed by atoms with Crippen LogP contribution >= 0.6 is 11.3 Å². The molecule has 0 bridgehead atoms. The van der Waals surface area contributed by atoms with Gasteiger partial charge < -0.3 is 15.4 Å². The highest BCUT2D eigenvalue weighted by atomic mass is 32.1. The number of rotatable bonds is 6. The van der Waals surface area contributed by atoms with Gasteiger partial charge in [0.25, 0.3) is 0 Å². The van der Waals surface area contributed by atoms with E-state index in [1.807, 2.05) is 37.5 Å². The van der Waals surface area contributed by atoms with Gasteiger partial charge in [0.1, 0.15) is 0 Å². The largest absolute Gasteiger partial charge is 0.453 e. The zero-order valence-corrected chi connectivity index (χ0v) is 15.9. The predicted molar refractivity (Wildman–Crippen MR) is 108 cm³/mol. The predicted octanol–water partition coefficient (Wildman–Crippen LogP) is 5.10. The molecule has 134 valence electrons. The Balaban J connectivity index is 1.60. The molecule has 1 atom stereocenters. The Bertz CT molecular complexity index is 894. The second-order valence-electron chi connectivity index (χ2n) is 6.98. The number of anilines is 2. The summed E-state index contributed by atoms with van der Waals surface area (Å²) in [6, 6.07) is 14.5. The summed E-state index contributed by atoms with van der Waals surface area (Å²) in [5.74, 6) is 1.74. The minimum atomic E-state index is 0.0127. The molecule has 1 aromatic heterocycles. The Kier molecular flexibility index (Phi) is 4.66. The quantitative estimate of drug-likeness (QED) is 0.499. The van der Waals surface area contributed by atoms with E-state index in [9.17, 15) is 0 Å². The summed E-state index contributed by atoms with van der Waals surface area (Å²) in [6.07, 6.45) is 3.89. The highest BCUT2D eigenvalue weighted by Crippen LogP contribution is 2.43. The summed E-state index contributed by atoms with van der Waals surface area (Å²) in [7, 11) is 2.00. The second-order valence-corrected chi connectivity index (χ2v) is 7.88. The van der Waals surface area contributed by atoms with Crippen molar-refractivity contribution in [1.82, 2.24) is 10.3 Å². The summed E-state index contributed by atoms with van der Waals surface area (Å²) in [5, 5.41) is 10.0. The molecule has 3 aromatic rings. The van der Waals surface area contributed by atoms with Gasteiger partial charge in [-0.2, -0.15) is 0 Å². The van der Waals surface area contributed by atoms with Crippen molar-refractivity contribution in [1.29, 1.82) is 0 Å². The lowest BCUT2D eigenvalue weighted by Crippen LogP contribution is -2.29. The molecule has 4 nitrogen and oxygen atoms in total. The molecule has 5 heteroatoms. The fraction of sp³-hybridized carbons (Fsp3) is 0.286. The van der Waals surface area contributed by atoms with Gasteiger partial charge in [-0.25, -0.2) is 4.98 Å². The lowest BCUT2D eigenvalue weighted by Gasteiger charge is -2.29. The van der Waals surface area contributed by atoms with Crippen molar-refractivity contribution < 1.29 is 4.74 Å². The first-order chi connectivity index (χ1) is 12.7. The van der Waals surface area contributed by atoms with Crippen LogP contribution in [0, 0.1) is 0 Å². The van der Waals surface area contributed by atoms with Crippen LogP contribution in [0.4, 0.5) is 11.4 Å². The van der Waals surface area contributed by atoms with Crippen molar-refractivity contribution in [3.05, 3.63) is 64.6 Å². The summed E-state index contributed by atoms with van der Waals surface area (Å²) >= 11 is 1.74. The maximum atomic E-state index is 6.02. The van der Waals surface area contributed by atoms with Gasteiger partial charge in [-0.1, -0.05) is 25.1 Å². The molecule has 0 saturated carbocycles. The first-order valence-electron chi connectivity index (χ1n) is 8.89. The molecule has 0 saturated heterocycles. The van der Waals surface area contributed by atoms with E-state index in [-0.39, 0.29) is 5.41 Å². The standard InChI is InChI=1S/C21H23N3OS/c1-21(9-10-22-2,20-23-11-12-26-20)14-15-7-8-19-17(13-15)24-16-5-3-4-6-18(16)25-19/h3-8,11-13,22,24H,9-10,14H2,1-2H3. The fourth-order valence-corrected chi connectivity index (χ4v) is 4.27. The van der Waals surface area contributed by atoms with Crippen LogP contribution in [0.5, 0.6) is 11.5 Å². The molecule has 26 heavy (non-hydrogen) atoms. The Morgan fingerprint density at radius 2 is 2.00 bits per heavy atom. The molecular weight excluding hydrogens is 342 g/mol. The highest BCUT2D eigenvalue weighted by molar-refractivity contribution is 7.09. The zero-order valence-electron chi connectivity index (χ0n) is 15.1. The van der Waals surface area contributed by atoms with E-state index in [0.717, 1.165) is 42.3 Å². The van der Waals surface area contributed by atoms with Crippen LogP contribution in [0.15, 0.2) is 54.0 Å². The van der Waals surface area contributed by atoms with E-state index < -0.39 is 0 Å². The first kappa shape index (κ1) is 17.1. The van der Waals surface area contributed by atoms with Gasteiger partial charge in [-0.05, 0) is 56.3 Å². The molecule has 0 fully saturated rings. The summed E-state index contributed by atoms with van der Waals surface area (Å²) in [5.41, 5.74) is 3.33. The third kappa shape index (κ3) is 3.32. The topological polar surface area (TPSA) is 46.2 Å². The van der Waals surface area contributed by atoms with Crippen molar-refractivity contribution in [2.75, 3.05) is 18.9 Å². The number of benzene rings is 2. The molecule has 4 rings (SSSR count). The summed E-state index contributed by atoms with van der Waals surface area (Å²) < 4.78 is 6.02. The molecule has 1 aliphatic heterocycles. The molecular formula is C21H23N3OS. The zero-order chi connectivity index (χ0) is 18.0. The van der Waals surface area contributed by atoms with Gasteiger partial charge in [0.15, 0.2) is 11.5 Å². The molecule has 1 unspecified atom stereocenters. The maximum Gasteiger partial charge on any atom is 0.150 e. The smallest absolute Gasteiger partial charge is 0.150 e. The highest BCUT2D eigenvalue weighted by Gasteiger charge is 2.30. The van der Waals surface area contributed by atoms with Crippen molar-refractivity contribution in [2.45, 2.75) is 25.2 Å². The normalized spacial score (nSPS) is 14.5. The number of para-hydroxylation sites is 2. The monoisotopic (exact) mass is 365 g/mol.